The number of hydrogen-bond donors (Lipinski definition) is 1. The summed E-state index contributed by atoms with van der Waals surface area (Å²) >= 11 is 0. The van der Waals surface area contributed by atoms with Crippen molar-refractivity contribution >= 4 is 5.97 Å². The van der Waals surface area contributed by atoms with Crippen LogP contribution in [0.1, 0.15) is 46.5 Å². The number of carboxylic acid groups (broad SMARTS) is 1. The van der Waals surface area contributed by atoms with Crippen LogP contribution in [0, 0.1) is 0 Å². The molecule has 16 heavy (non-hydrogen) atoms. The fourth-order valence-corrected chi connectivity index (χ4v) is 0.894. The minimum Gasteiger partial charge on any atom is -0.547 e. The Hall–Kier alpha value is -0.650. The maximum Gasteiger partial charge on any atom is 0.132 e. The molecule has 1 N–H and O–H groups in total. The summed E-state index contributed by atoms with van der Waals surface area (Å²) in [5.74, 6) is -1.29. The summed E-state index contributed by atoms with van der Waals surface area (Å²) in [6, 6.07) is 0. The van der Waals surface area contributed by atoms with E-state index in [0.29, 0.717) is 19.3 Å². The molecule has 0 saturated heterocycles. The van der Waals surface area contributed by atoms with Crippen molar-refractivity contribution in [3.05, 3.63) is 0 Å². The van der Waals surface area contributed by atoms with Gasteiger partial charge in [0.25, 0.3) is 0 Å². The molecule has 0 rings (SSSR count). The van der Waals surface area contributed by atoms with E-state index in [1.54, 1.807) is 0 Å². The van der Waals surface area contributed by atoms with Crippen LogP contribution < -0.4 is 5.11 Å². The van der Waals surface area contributed by atoms with E-state index in [4.69, 9.17) is 14.9 Å². The second kappa shape index (κ2) is 7.60. The van der Waals surface area contributed by atoms with Crippen LogP contribution in [0.15, 0.2) is 0 Å². The van der Waals surface area contributed by atoms with E-state index in [1.807, 2.05) is 20.8 Å². The highest BCUT2D eigenvalue weighted by Gasteiger charge is 2.20. The Kier molecular flexibility index (Phi) is 7.29. The van der Waals surface area contributed by atoms with Gasteiger partial charge < -0.3 is 15.0 Å². The summed E-state index contributed by atoms with van der Waals surface area (Å²) in [5.41, 5.74) is -0.509. The number of carboxylic acids is 1. The van der Waals surface area contributed by atoms with Crippen molar-refractivity contribution < 1.29 is 24.8 Å². The first-order chi connectivity index (χ1) is 7.43. The van der Waals surface area contributed by atoms with Gasteiger partial charge in [-0.15, -0.1) is 0 Å². The summed E-state index contributed by atoms with van der Waals surface area (Å²) in [5, 5.41) is 19.3. The summed E-state index contributed by atoms with van der Waals surface area (Å²) < 4.78 is 0. The molecule has 96 valence electrons. The molecule has 5 nitrogen and oxygen atoms in total. The molecule has 0 radical (unpaired) electrons. The smallest absolute Gasteiger partial charge is 0.132 e. The molecule has 0 heterocycles. The lowest BCUT2D eigenvalue weighted by molar-refractivity contribution is -0.395. The fourth-order valence-electron chi connectivity index (χ4n) is 0.894. The molecule has 0 saturated carbocycles. The Balaban J connectivity index is 3.99. The van der Waals surface area contributed by atoms with E-state index in [2.05, 4.69) is 0 Å². The summed E-state index contributed by atoms with van der Waals surface area (Å²) in [7, 11) is 0. The normalized spacial score (nSPS) is 13.8. The molecule has 0 aliphatic carbocycles. The standard InChI is InChI=1S/C11H22O5/c1-4-11(2,3)16-15-9(10(13)14)7-5-6-8-12/h9,12H,4-8H2,1-3H3,(H,13,14)/p-1. The third-order valence-corrected chi connectivity index (χ3v) is 2.38. The van der Waals surface area contributed by atoms with Crippen LogP contribution in [0.4, 0.5) is 0 Å². The first-order valence-electron chi connectivity index (χ1n) is 5.59. The topological polar surface area (TPSA) is 78.8 Å². The number of carbonyl (C=O) groups excluding carboxylic acids is 1. The predicted octanol–water partition coefficient (Wildman–Crippen LogP) is 0.404. The first kappa shape index (κ1) is 15.3. The van der Waals surface area contributed by atoms with Gasteiger partial charge in [0.15, 0.2) is 0 Å². The molecule has 0 spiro atoms. The zero-order chi connectivity index (χ0) is 12.6. The summed E-state index contributed by atoms with van der Waals surface area (Å²) in [4.78, 5) is 20.6. The third kappa shape index (κ3) is 6.76. The van der Waals surface area contributed by atoms with Crippen molar-refractivity contribution in [2.24, 2.45) is 0 Å². The molecular weight excluding hydrogens is 212 g/mol. The van der Waals surface area contributed by atoms with Crippen molar-refractivity contribution in [2.45, 2.75) is 58.2 Å². The van der Waals surface area contributed by atoms with Crippen molar-refractivity contribution in [3.63, 3.8) is 0 Å². The van der Waals surface area contributed by atoms with Crippen LogP contribution in [0.5, 0.6) is 0 Å². The molecule has 0 aromatic heterocycles. The molecule has 0 fully saturated rings. The van der Waals surface area contributed by atoms with E-state index >= 15 is 0 Å². The van der Waals surface area contributed by atoms with E-state index in [1.165, 1.54) is 0 Å². The van der Waals surface area contributed by atoms with Gasteiger partial charge in [-0.3, -0.25) is 0 Å². The molecule has 0 amide bonds. The maximum absolute atomic E-state index is 10.7. The van der Waals surface area contributed by atoms with Gasteiger partial charge in [-0.1, -0.05) is 6.92 Å². The summed E-state index contributed by atoms with van der Waals surface area (Å²) in [6.07, 6.45) is 1.03. The Labute approximate surface area is 96.3 Å². The molecule has 5 heteroatoms. The van der Waals surface area contributed by atoms with Crippen LogP contribution in [0.3, 0.4) is 0 Å². The lowest BCUT2D eigenvalue weighted by Gasteiger charge is -2.26. The van der Waals surface area contributed by atoms with Gasteiger partial charge in [-0.05, 0) is 39.5 Å². The third-order valence-electron chi connectivity index (χ3n) is 2.38. The number of hydrogen-bond acceptors (Lipinski definition) is 5. The lowest BCUT2D eigenvalue weighted by atomic mass is 10.1. The van der Waals surface area contributed by atoms with Crippen molar-refractivity contribution in [1.29, 1.82) is 0 Å². The van der Waals surface area contributed by atoms with Gasteiger partial charge in [0.1, 0.15) is 6.10 Å². The average molecular weight is 233 g/mol. The summed E-state index contributed by atoms with van der Waals surface area (Å²) in [6.45, 7) is 5.59. The Morgan fingerprint density at radius 1 is 1.44 bits per heavy atom. The SMILES string of the molecule is CCC(C)(C)OOC(CCCCO)C(=O)[O-]. The molecule has 0 bridgehead atoms. The fraction of sp³-hybridized carbons (Fsp3) is 0.909. The van der Waals surface area contributed by atoms with Crippen molar-refractivity contribution in [1.82, 2.24) is 0 Å². The highest BCUT2D eigenvalue weighted by molar-refractivity contribution is 5.69. The minimum absolute atomic E-state index is 0.0427. The van der Waals surface area contributed by atoms with Gasteiger partial charge in [0, 0.05) is 6.61 Å². The molecule has 0 aliphatic rings. The second-order valence-corrected chi connectivity index (χ2v) is 4.32. The van der Waals surface area contributed by atoms with Crippen LogP contribution >= 0.6 is 0 Å². The average Bonchev–Trinajstić information content (AvgIpc) is 2.22. The van der Waals surface area contributed by atoms with E-state index in [-0.39, 0.29) is 13.0 Å². The quantitative estimate of drug-likeness (QED) is 0.354. The van der Waals surface area contributed by atoms with Crippen LogP contribution in [0.25, 0.3) is 0 Å². The predicted molar refractivity (Wildman–Crippen MR) is 56.3 cm³/mol. The first-order valence-corrected chi connectivity index (χ1v) is 5.59. The van der Waals surface area contributed by atoms with Crippen LogP contribution in [-0.2, 0) is 14.6 Å². The molecular formula is C11H21O5-. The van der Waals surface area contributed by atoms with Crippen LogP contribution in [-0.4, -0.2) is 29.4 Å². The second-order valence-electron chi connectivity index (χ2n) is 4.32. The number of rotatable bonds is 9. The van der Waals surface area contributed by atoms with Crippen molar-refractivity contribution in [2.75, 3.05) is 6.61 Å². The highest BCUT2D eigenvalue weighted by atomic mass is 17.2. The maximum atomic E-state index is 10.7. The zero-order valence-electron chi connectivity index (χ0n) is 10.2. The van der Waals surface area contributed by atoms with Gasteiger partial charge in [-0.2, -0.15) is 0 Å². The van der Waals surface area contributed by atoms with Crippen molar-refractivity contribution in [3.8, 4) is 0 Å². The zero-order valence-corrected chi connectivity index (χ0v) is 10.2. The van der Waals surface area contributed by atoms with Gasteiger partial charge in [0.2, 0.25) is 0 Å². The Bertz CT molecular complexity index is 203. The van der Waals surface area contributed by atoms with E-state index in [9.17, 15) is 9.90 Å². The molecule has 1 unspecified atom stereocenters. The van der Waals surface area contributed by atoms with Gasteiger partial charge in [-0.25, -0.2) is 9.78 Å². The van der Waals surface area contributed by atoms with Gasteiger partial charge >= 0.3 is 0 Å². The molecule has 0 aromatic rings. The van der Waals surface area contributed by atoms with E-state index in [0.717, 1.165) is 0 Å². The number of aliphatic hydroxyl groups is 1. The Morgan fingerprint density at radius 3 is 2.50 bits per heavy atom. The number of carbonyl (C=O) groups is 1. The molecule has 1 atom stereocenters. The minimum atomic E-state index is -1.29. The largest absolute Gasteiger partial charge is 0.547 e. The van der Waals surface area contributed by atoms with E-state index < -0.39 is 17.7 Å². The number of unbranched alkanes of at least 4 members (excludes halogenated alkanes) is 1. The molecule has 0 aliphatic heterocycles. The highest BCUT2D eigenvalue weighted by Crippen LogP contribution is 2.16. The monoisotopic (exact) mass is 233 g/mol. The number of aliphatic hydroxyl groups excluding tert-OH is 1. The molecule has 0 aromatic carbocycles. The lowest BCUT2D eigenvalue weighted by Crippen LogP contribution is -2.39. The number of aliphatic carboxylic acids is 1. The van der Waals surface area contributed by atoms with Crippen LogP contribution in [0.2, 0.25) is 0 Å². The van der Waals surface area contributed by atoms with Gasteiger partial charge in [0.05, 0.1) is 11.6 Å². The Morgan fingerprint density at radius 2 is 2.06 bits per heavy atom.